The molecule has 8 nitrogen and oxygen atoms in total. The fraction of sp³-hybridized carbons (Fsp3) is 0.471. The number of carbonyl (C=O) groups is 2. The van der Waals surface area contributed by atoms with Gasteiger partial charge in [0.05, 0.1) is 11.3 Å². The molecule has 2 N–H and O–H groups in total. The number of carbonyl (C=O) groups excluding carboxylic acids is 2. The van der Waals surface area contributed by atoms with Gasteiger partial charge in [0.25, 0.3) is 5.69 Å². The summed E-state index contributed by atoms with van der Waals surface area (Å²) in [6, 6.07) is 5.58. The van der Waals surface area contributed by atoms with Crippen LogP contribution in [0.1, 0.15) is 39.0 Å². The summed E-state index contributed by atoms with van der Waals surface area (Å²) in [5.74, 6) is -0.284. The molecule has 2 fully saturated rings. The molecule has 0 aromatic heterocycles. The van der Waals surface area contributed by atoms with Crippen LogP contribution >= 0.6 is 0 Å². The van der Waals surface area contributed by atoms with Crippen LogP contribution in [0.4, 0.5) is 11.4 Å². The molecule has 0 aliphatic heterocycles. The van der Waals surface area contributed by atoms with Crippen LogP contribution in [-0.2, 0) is 9.59 Å². The van der Waals surface area contributed by atoms with Gasteiger partial charge in [0.15, 0.2) is 0 Å². The molecule has 132 valence electrons. The van der Waals surface area contributed by atoms with Crippen molar-refractivity contribution in [1.29, 1.82) is 0 Å². The molecule has 0 radical (unpaired) electrons. The topological polar surface area (TPSA) is 114 Å². The number of anilines is 1. The van der Waals surface area contributed by atoms with E-state index in [0.717, 1.165) is 19.3 Å². The second-order valence-corrected chi connectivity index (χ2v) is 6.82. The number of nitro groups is 1. The number of rotatable bonds is 6. The largest absolute Gasteiger partial charge is 0.326 e. The van der Waals surface area contributed by atoms with E-state index in [1.807, 2.05) is 0 Å². The maximum Gasteiger partial charge on any atom is 0.269 e. The summed E-state index contributed by atoms with van der Waals surface area (Å²) >= 11 is 0. The van der Waals surface area contributed by atoms with Crippen molar-refractivity contribution >= 4 is 28.9 Å². The van der Waals surface area contributed by atoms with Gasteiger partial charge in [-0.3, -0.25) is 19.7 Å². The summed E-state index contributed by atoms with van der Waals surface area (Å²) in [7, 11) is 0. The molecule has 8 heteroatoms. The van der Waals surface area contributed by atoms with Crippen LogP contribution in [0.15, 0.2) is 29.4 Å². The number of non-ortho nitro benzene ring substituents is 1. The number of nitrogens with zero attached hydrogens (tertiary/aromatic N) is 2. The maximum absolute atomic E-state index is 12.0. The molecule has 2 aliphatic rings. The number of amides is 2. The van der Waals surface area contributed by atoms with Crippen LogP contribution < -0.4 is 10.7 Å². The normalized spacial score (nSPS) is 20.5. The summed E-state index contributed by atoms with van der Waals surface area (Å²) in [5, 5.41) is 17.2. The van der Waals surface area contributed by atoms with Gasteiger partial charge >= 0.3 is 0 Å². The first-order valence-corrected chi connectivity index (χ1v) is 8.27. The van der Waals surface area contributed by atoms with Crippen LogP contribution in [-0.4, -0.2) is 22.4 Å². The van der Waals surface area contributed by atoms with E-state index < -0.39 is 4.92 Å². The van der Waals surface area contributed by atoms with Crippen molar-refractivity contribution in [1.82, 2.24) is 5.43 Å². The molecule has 0 unspecified atom stereocenters. The number of hydrogen-bond donors (Lipinski definition) is 2. The molecule has 3 rings (SSSR count). The van der Waals surface area contributed by atoms with E-state index in [4.69, 9.17) is 0 Å². The van der Waals surface area contributed by atoms with Gasteiger partial charge in [-0.25, -0.2) is 5.43 Å². The minimum Gasteiger partial charge on any atom is -0.326 e. The van der Waals surface area contributed by atoms with Gasteiger partial charge in [0, 0.05) is 29.4 Å². The zero-order valence-electron chi connectivity index (χ0n) is 13.9. The Balaban J connectivity index is 1.45. The van der Waals surface area contributed by atoms with Gasteiger partial charge in [-0.1, -0.05) is 6.42 Å². The highest BCUT2D eigenvalue weighted by Crippen LogP contribution is 2.65. The molecule has 0 bridgehead atoms. The number of hydrogen-bond acceptors (Lipinski definition) is 5. The lowest BCUT2D eigenvalue weighted by Gasteiger charge is -2.25. The first kappa shape index (κ1) is 17.1. The van der Waals surface area contributed by atoms with Crippen molar-refractivity contribution in [2.24, 2.45) is 16.4 Å². The summed E-state index contributed by atoms with van der Waals surface area (Å²) in [6.45, 7) is 1.67. The minimum atomic E-state index is -0.501. The van der Waals surface area contributed by atoms with E-state index in [9.17, 15) is 19.7 Å². The average Bonchev–Trinajstić information content (AvgIpc) is 3.29. The molecular weight excluding hydrogens is 324 g/mol. The highest BCUT2D eigenvalue weighted by molar-refractivity contribution is 6.05. The molecule has 0 heterocycles. The smallest absolute Gasteiger partial charge is 0.269 e. The van der Waals surface area contributed by atoms with E-state index in [2.05, 4.69) is 15.8 Å². The van der Waals surface area contributed by atoms with Gasteiger partial charge in [-0.15, -0.1) is 0 Å². The molecule has 2 saturated carbocycles. The van der Waals surface area contributed by atoms with Crippen LogP contribution in [0.25, 0.3) is 0 Å². The number of nitro benzene ring substituents is 1. The van der Waals surface area contributed by atoms with E-state index in [0.29, 0.717) is 11.4 Å². The Bertz CT molecular complexity index is 738. The molecule has 0 saturated heterocycles. The highest BCUT2D eigenvalue weighted by Gasteiger charge is 2.60. The number of nitrogens with one attached hydrogen (secondary N) is 2. The van der Waals surface area contributed by atoms with Gasteiger partial charge in [0.2, 0.25) is 11.8 Å². The Hall–Kier alpha value is -2.77. The van der Waals surface area contributed by atoms with Crippen LogP contribution in [0.2, 0.25) is 0 Å². The SMILES string of the molecule is C/C(CC(=O)Nc1ccc([N+](=O)[O-])cc1)=N\NC(=O)[C@H]1CC12CCC2. The van der Waals surface area contributed by atoms with Crippen LogP contribution in [0.5, 0.6) is 0 Å². The molecule has 2 amide bonds. The fourth-order valence-corrected chi connectivity index (χ4v) is 3.27. The Kier molecular flexibility index (Phi) is 4.52. The standard InChI is InChI=1S/C17H20N4O4/c1-11(19-20-16(23)14-10-17(14)7-2-8-17)9-15(22)18-12-3-5-13(6-4-12)21(24)25/h3-6,14H,2,7-10H2,1H3,(H,18,22)(H,20,23)/b19-11+/t14-/m1/s1. The first-order chi connectivity index (χ1) is 11.9. The van der Waals surface area contributed by atoms with Crippen molar-refractivity contribution in [2.45, 2.75) is 39.0 Å². The summed E-state index contributed by atoms with van der Waals surface area (Å²) in [4.78, 5) is 34.0. The van der Waals surface area contributed by atoms with Crippen LogP contribution in [0, 0.1) is 21.4 Å². The van der Waals surface area contributed by atoms with Crippen molar-refractivity contribution in [3.63, 3.8) is 0 Å². The molecular formula is C17H20N4O4. The third-order valence-corrected chi connectivity index (χ3v) is 4.99. The van der Waals surface area contributed by atoms with Gasteiger partial charge in [0.1, 0.15) is 0 Å². The van der Waals surface area contributed by atoms with Crippen molar-refractivity contribution in [3.8, 4) is 0 Å². The lowest BCUT2D eigenvalue weighted by Crippen LogP contribution is -2.27. The van der Waals surface area contributed by atoms with E-state index in [-0.39, 0.29) is 35.3 Å². The Morgan fingerprint density at radius 3 is 2.52 bits per heavy atom. The molecule has 1 aromatic carbocycles. The van der Waals surface area contributed by atoms with Crippen molar-refractivity contribution < 1.29 is 14.5 Å². The second-order valence-electron chi connectivity index (χ2n) is 6.82. The van der Waals surface area contributed by atoms with Gasteiger partial charge in [-0.05, 0) is 43.7 Å². The first-order valence-electron chi connectivity index (χ1n) is 8.27. The number of hydrazone groups is 1. The lowest BCUT2D eigenvalue weighted by molar-refractivity contribution is -0.384. The Labute approximate surface area is 144 Å². The average molecular weight is 344 g/mol. The predicted octanol–water partition coefficient (Wildman–Crippen LogP) is 2.61. The molecule has 1 aromatic rings. The summed E-state index contributed by atoms with van der Waals surface area (Å²) in [5.41, 5.74) is 3.73. The molecule has 1 atom stereocenters. The zero-order valence-corrected chi connectivity index (χ0v) is 13.9. The fourth-order valence-electron chi connectivity index (χ4n) is 3.27. The lowest BCUT2D eigenvalue weighted by atomic mass is 9.80. The van der Waals surface area contributed by atoms with Gasteiger partial charge < -0.3 is 5.32 Å². The highest BCUT2D eigenvalue weighted by atomic mass is 16.6. The predicted molar refractivity (Wildman–Crippen MR) is 92.0 cm³/mol. The summed E-state index contributed by atoms with van der Waals surface area (Å²) in [6.07, 6.45) is 4.45. The Morgan fingerprint density at radius 1 is 1.32 bits per heavy atom. The zero-order chi connectivity index (χ0) is 18.0. The monoisotopic (exact) mass is 344 g/mol. The quantitative estimate of drug-likeness (QED) is 0.469. The van der Waals surface area contributed by atoms with E-state index in [1.165, 1.54) is 30.7 Å². The van der Waals surface area contributed by atoms with E-state index in [1.54, 1.807) is 6.92 Å². The third-order valence-electron chi connectivity index (χ3n) is 4.99. The van der Waals surface area contributed by atoms with Gasteiger partial charge in [-0.2, -0.15) is 5.10 Å². The Morgan fingerprint density at radius 2 is 2.00 bits per heavy atom. The molecule has 25 heavy (non-hydrogen) atoms. The minimum absolute atomic E-state index is 0.0348. The third kappa shape index (κ3) is 3.84. The maximum atomic E-state index is 12.0. The molecule has 2 aliphatic carbocycles. The van der Waals surface area contributed by atoms with Crippen molar-refractivity contribution in [2.75, 3.05) is 5.32 Å². The second kappa shape index (κ2) is 6.62. The molecule has 1 spiro atoms. The number of benzene rings is 1. The van der Waals surface area contributed by atoms with Crippen LogP contribution in [0.3, 0.4) is 0 Å². The summed E-state index contributed by atoms with van der Waals surface area (Å²) < 4.78 is 0. The van der Waals surface area contributed by atoms with E-state index >= 15 is 0 Å². The van der Waals surface area contributed by atoms with Crippen molar-refractivity contribution in [3.05, 3.63) is 34.4 Å².